The molecule has 1 unspecified atom stereocenters. The van der Waals surface area contributed by atoms with Crippen LogP contribution in [0.25, 0.3) is 0 Å². The Labute approximate surface area is 315 Å². The van der Waals surface area contributed by atoms with Crippen LogP contribution < -0.4 is 36.7 Å². The SMILES string of the molecule is CNC1=C(C(NC(=O)C(c2ccccc2)c2ccccc2)C(=O)N(C)c2ccc(CNC(N)=O)cc2)C=CCC1=NNc1ccc(OC)cc1.I. The van der Waals surface area contributed by atoms with E-state index in [4.69, 9.17) is 10.5 Å². The number of hydrogen-bond donors (Lipinski definition) is 5. The third-order valence-corrected chi connectivity index (χ3v) is 8.34. The lowest BCUT2D eigenvalue weighted by molar-refractivity contribution is -0.127. The van der Waals surface area contributed by atoms with Gasteiger partial charge in [-0.25, -0.2) is 4.79 Å². The normalized spacial score (nSPS) is 13.5. The molecule has 1 aliphatic rings. The maximum Gasteiger partial charge on any atom is 0.312 e. The summed E-state index contributed by atoms with van der Waals surface area (Å²) in [6, 6.07) is 31.8. The second-order valence-corrected chi connectivity index (χ2v) is 11.6. The van der Waals surface area contributed by atoms with E-state index < -0.39 is 18.0 Å². The Bertz CT molecular complexity index is 1840. The molecule has 264 valence electrons. The van der Waals surface area contributed by atoms with Gasteiger partial charge in [0.05, 0.1) is 30.1 Å². The molecule has 12 heteroatoms. The zero-order valence-electron chi connectivity index (χ0n) is 28.6. The zero-order valence-corrected chi connectivity index (χ0v) is 31.0. The number of benzene rings is 4. The number of nitrogens with one attached hydrogen (secondary N) is 4. The first kappa shape index (κ1) is 38.2. The fourth-order valence-corrected chi connectivity index (χ4v) is 5.71. The molecule has 11 nitrogen and oxygen atoms in total. The highest BCUT2D eigenvalue weighted by Crippen LogP contribution is 2.28. The second kappa shape index (κ2) is 18.4. The quantitative estimate of drug-likeness (QED) is 0.0871. The Hall–Kier alpha value is -5.63. The van der Waals surface area contributed by atoms with E-state index in [1.54, 1.807) is 45.5 Å². The largest absolute Gasteiger partial charge is 0.497 e. The van der Waals surface area contributed by atoms with Crippen molar-refractivity contribution in [1.82, 2.24) is 16.0 Å². The number of urea groups is 1. The monoisotopic (exact) mass is 799 g/mol. The van der Waals surface area contributed by atoms with Crippen LogP contribution in [0.4, 0.5) is 16.2 Å². The smallest absolute Gasteiger partial charge is 0.312 e. The summed E-state index contributed by atoms with van der Waals surface area (Å²) in [5.41, 5.74) is 13.9. The summed E-state index contributed by atoms with van der Waals surface area (Å²) in [6.07, 6.45) is 4.27. The Morgan fingerprint density at radius 2 is 1.49 bits per heavy atom. The summed E-state index contributed by atoms with van der Waals surface area (Å²) in [5, 5.41) is 13.6. The third-order valence-electron chi connectivity index (χ3n) is 8.34. The molecule has 6 N–H and O–H groups in total. The van der Waals surface area contributed by atoms with Crippen LogP contribution in [0.3, 0.4) is 0 Å². The minimum atomic E-state index is -1.09. The van der Waals surface area contributed by atoms with Gasteiger partial charge in [0.2, 0.25) is 5.91 Å². The minimum Gasteiger partial charge on any atom is -0.497 e. The van der Waals surface area contributed by atoms with Crippen molar-refractivity contribution in [2.45, 2.75) is 24.9 Å². The molecule has 4 aromatic rings. The second-order valence-electron chi connectivity index (χ2n) is 11.6. The predicted molar refractivity (Wildman–Crippen MR) is 212 cm³/mol. The number of rotatable bonds is 13. The van der Waals surface area contributed by atoms with Gasteiger partial charge in [0.1, 0.15) is 11.8 Å². The topological polar surface area (TPSA) is 150 Å². The van der Waals surface area contributed by atoms with Crippen molar-refractivity contribution in [2.75, 3.05) is 31.5 Å². The number of hydrazone groups is 1. The van der Waals surface area contributed by atoms with Crippen LogP contribution in [0.5, 0.6) is 5.75 Å². The number of hydrogen-bond acceptors (Lipinski definition) is 7. The number of primary amides is 1. The lowest BCUT2D eigenvalue weighted by Crippen LogP contribution is -2.51. The van der Waals surface area contributed by atoms with Crippen molar-refractivity contribution in [3.05, 3.63) is 149 Å². The molecule has 0 bridgehead atoms. The van der Waals surface area contributed by atoms with Gasteiger partial charge in [-0.2, -0.15) is 5.10 Å². The molecule has 5 rings (SSSR count). The van der Waals surface area contributed by atoms with Crippen LogP contribution in [0.1, 0.15) is 29.0 Å². The molecule has 1 aliphatic carbocycles. The van der Waals surface area contributed by atoms with E-state index in [0.29, 0.717) is 29.1 Å². The Balaban J connectivity index is 0.00000583. The molecule has 0 aromatic heterocycles. The van der Waals surface area contributed by atoms with Gasteiger partial charge in [-0.1, -0.05) is 84.9 Å². The fraction of sp³-hybridized carbons (Fsp3) is 0.179. The Morgan fingerprint density at radius 1 is 0.882 bits per heavy atom. The summed E-state index contributed by atoms with van der Waals surface area (Å²) in [4.78, 5) is 41.7. The van der Waals surface area contributed by atoms with Crippen LogP contribution in [-0.4, -0.2) is 50.8 Å². The summed E-state index contributed by atoms with van der Waals surface area (Å²) in [5.74, 6) is -0.646. The van der Waals surface area contributed by atoms with Gasteiger partial charge in [0.15, 0.2) is 0 Å². The Kier molecular flexibility index (Phi) is 13.8. The van der Waals surface area contributed by atoms with E-state index in [2.05, 4.69) is 26.5 Å². The van der Waals surface area contributed by atoms with E-state index in [0.717, 1.165) is 28.1 Å². The third kappa shape index (κ3) is 9.75. The number of methoxy groups -OCH3 is 1. The first-order valence-electron chi connectivity index (χ1n) is 16.1. The van der Waals surface area contributed by atoms with Crippen LogP contribution in [0.15, 0.2) is 138 Å². The highest BCUT2D eigenvalue weighted by Gasteiger charge is 2.34. The maximum absolute atomic E-state index is 14.6. The fourth-order valence-electron chi connectivity index (χ4n) is 5.71. The van der Waals surface area contributed by atoms with Crippen molar-refractivity contribution in [2.24, 2.45) is 10.8 Å². The van der Waals surface area contributed by atoms with Crippen LogP contribution in [-0.2, 0) is 16.1 Å². The molecule has 0 spiro atoms. The molecule has 4 aromatic carbocycles. The van der Waals surface area contributed by atoms with Gasteiger partial charge < -0.3 is 31.3 Å². The van der Waals surface area contributed by atoms with Crippen molar-refractivity contribution in [3.63, 3.8) is 0 Å². The first-order chi connectivity index (χ1) is 24.3. The van der Waals surface area contributed by atoms with Crippen molar-refractivity contribution in [3.8, 4) is 5.75 Å². The molecule has 0 saturated carbocycles. The van der Waals surface area contributed by atoms with E-state index in [-0.39, 0.29) is 42.3 Å². The molecule has 0 aliphatic heterocycles. The van der Waals surface area contributed by atoms with Crippen LogP contribution >= 0.6 is 24.0 Å². The van der Waals surface area contributed by atoms with Gasteiger partial charge in [-0.3, -0.25) is 15.0 Å². The molecular formula is C39H42IN7O4. The highest BCUT2D eigenvalue weighted by atomic mass is 127. The number of likely N-dealkylation sites (N-methyl/N-ethyl adjacent to an activating group) is 1. The number of nitrogens with zero attached hydrogens (tertiary/aromatic N) is 2. The summed E-state index contributed by atoms with van der Waals surface area (Å²) >= 11 is 0. The van der Waals surface area contributed by atoms with Gasteiger partial charge in [-0.05, 0) is 53.1 Å². The predicted octanol–water partition coefficient (Wildman–Crippen LogP) is 5.66. The lowest BCUT2D eigenvalue weighted by atomic mass is 9.89. The van der Waals surface area contributed by atoms with Crippen LogP contribution in [0.2, 0.25) is 0 Å². The van der Waals surface area contributed by atoms with Gasteiger partial charge in [0, 0.05) is 38.3 Å². The van der Waals surface area contributed by atoms with E-state index in [9.17, 15) is 14.4 Å². The van der Waals surface area contributed by atoms with Crippen molar-refractivity contribution < 1.29 is 19.1 Å². The van der Waals surface area contributed by atoms with Crippen molar-refractivity contribution in [1.29, 1.82) is 0 Å². The minimum absolute atomic E-state index is 0. The van der Waals surface area contributed by atoms with E-state index >= 15 is 0 Å². The molecule has 0 heterocycles. The molecular weight excluding hydrogens is 757 g/mol. The Morgan fingerprint density at radius 3 is 2.04 bits per heavy atom. The molecule has 51 heavy (non-hydrogen) atoms. The molecule has 0 fully saturated rings. The summed E-state index contributed by atoms with van der Waals surface area (Å²) in [7, 11) is 5.04. The molecule has 4 amide bonds. The number of amides is 4. The molecule has 1 atom stereocenters. The highest BCUT2D eigenvalue weighted by molar-refractivity contribution is 14.0. The number of anilines is 2. The summed E-state index contributed by atoms with van der Waals surface area (Å²) < 4.78 is 5.26. The number of nitrogens with two attached hydrogens (primary N) is 1. The summed E-state index contributed by atoms with van der Waals surface area (Å²) in [6.45, 7) is 0.252. The van der Waals surface area contributed by atoms with Gasteiger partial charge >= 0.3 is 6.03 Å². The van der Waals surface area contributed by atoms with Crippen LogP contribution in [0, 0.1) is 0 Å². The van der Waals surface area contributed by atoms with Gasteiger partial charge in [-0.15, -0.1) is 24.0 Å². The van der Waals surface area contributed by atoms with E-state index in [1.807, 2.05) is 97.1 Å². The average molecular weight is 800 g/mol. The maximum atomic E-state index is 14.6. The molecule has 0 radical (unpaired) electrons. The van der Waals surface area contributed by atoms with Crippen molar-refractivity contribution >= 4 is 58.9 Å². The number of ether oxygens (including phenoxy) is 1. The average Bonchev–Trinajstić information content (AvgIpc) is 3.16. The standard InChI is InChI=1S/C39H41N7O4.HI/c1-41-35-32(15-10-16-33(35)45-44-29-19-23-31(50-3)24-20-29)36(38(48)46(2)30-21-17-26(18-22-30)25-42-39(40)49)43-37(47)34(27-11-6-4-7-12-27)28-13-8-5-9-14-28;/h4-15,17-24,34,36,41,44H,16,25H2,1-3H3,(H,43,47)(H3,40,42,49);1H. The zero-order chi connectivity index (χ0) is 35.5. The number of halogens is 1. The number of carbonyl (C=O) groups excluding carboxylic acids is 3. The lowest BCUT2D eigenvalue weighted by Gasteiger charge is -2.30. The van der Waals surface area contributed by atoms with Gasteiger partial charge in [0.25, 0.3) is 5.91 Å². The first-order valence-corrected chi connectivity index (χ1v) is 16.1. The number of allylic oxidation sites excluding steroid dienone is 2. The molecule has 0 saturated heterocycles. The number of carbonyl (C=O) groups is 3. The van der Waals surface area contributed by atoms with E-state index in [1.165, 1.54) is 4.90 Å².